The number of rotatable bonds is 8. The molecule has 0 aliphatic heterocycles. The molecular weight excluding hydrogens is 275 g/mol. The van der Waals surface area contributed by atoms with Crippen LogP contribution in [0.25, 0.3) is 0 Å². The highest BCUT2D eigenvalue weighted by Gasteiger charge is 2.43. The highest BCUT2D eigenvalue weighted by molar-refractivity contribution is 7.52. The molecule has 0 saturated carbocycles. The van der Waals surface area contributed by atoms with Crippen LogP contribution in [0.5, 0.6) is 0 Å². The van der Waals surface area contributed by atoms with Crippen LogP contribution in [0.4, 0.5) is 0 Å². The summed E-state index contributed by atoms with van der Waals surface area (Å²) in [4.78, 5) is 17.6. The minimum Gasteiger partial charge on any atom is -0.394 e. The van der Waals surface area contributed by atoms with E-state index in [4.69, 9.17) is 25.1 Å². The van der Waals surface area contributed by atoms with E-state index in [9.17, 15) is 19.9 Å². The first kappa shape index (κ1) is 17.9. The average molecular weight is 292 g/mol. The van der Waals surface area contributed by atoms with E-state index in [0.717, 1.165) is 0 Å². The van der Waals surface area contributed by atoms with Gasteiger partial charge in [0.2, 0.25) is 0 Å². The molecule has 0 aromatic heterocycles. The van der Waals surface area contributed by atoms with E-state index in [-0.39, 0.29) is 0 Å². The normalized spacial score (nSPS) is 21.1. The van der Waals surface area contributed by atoms with E-state index in [0.29, 0.717) is 0 Å². The van der Waals surface area contributed by atoms with Crippen LogP contribution in [-0.2, 0) is 9.30 Å². The van der Waals surface area contributed by atoms with Crippen LogP contribution < -0.4 is 0 Å². The van der Waals surface area contributed by atoms with Crippen molar-refractivity contribution >= 4 is 7.60 Å². The van der Waals surface area contributed by atoms with Gasteiger partial charge in [-0.15, -0.1) is 0 Å². The van der Waals surface area contributed by atoms with Crippen molar-refractivity contribution in [2.24, 2.45) is 0 Å². The Morgan fingerprint density at radius 2 is 1.44 bits per heavy atom. The summed E-state index contributed by atoms with van der Waals surface area (Å²) in [6.45, 7) is -2.08. The van der Waals surface area contributed by atoms with Crippen molar-refractivity contribution in [3.63, 3.8) is 0 Å². The summed E-state index contributed by atoms with van der Waals surface area (Å²) in [6, 6.07) is 0. The number of ether oxygens (including phenoxy) is 1. The van der Waals surface area contributed by atoms with E-state index < -0.39 is 51.3 Å². The number of aliphatic hydroxyl groups is 6. The Hall–Kier alpha value is -0.130. The fraction of sp³-hybridized carbons (Fsp3) is 1.00. The second-order valence-electron chi connectivity index (χ2n) is 3.50. The van der Waals surface area contributed by atoms with E-state index >= 15 is 0 Å². The van der Waals surface area contributed by atoms with Crippen molar-refractivity contribution in [2.75, 3.05) is 13.4 Å². The first-order chi connectivity index (χ1) is 8.16. The Labute approximate surface area is 102 Å². The molecule has 0 bridgehead atoms. The van der Waals surface area contributed by atoms with Gasteiger partial charge < -0.3 is 45.2 Å². The van der Waals surface area contributed by atoms with Crippen molar-refractivity contribution in [2.45, 2.75) is 30.3 Å². The van der Waals surface area contributed by atoms with Gasteiger partial charge in [0.1, 0.15) is 31.2 Å². The molecule has 0 heterocycles. The SMILES string of the molecule is O=P(O)(O)C(OCO)[C@@H](O)[C@@H](O)[C@H](O)[C@H](O)CO. The summed E-state index contributed by atoms with van der Waals surface area (Å²) >= 11 is 0. The fourth-order valence-corrected chi connectivity index (χ4v) is 2.01. The maximum atomic E-state index is 10.9. The summed E-state index contributed by atoms with van der Waals surface area (Å²) < 4.78 is 15.1. The molecule has 0 aliphatic carbocycles. The molecule has 0 rings (SSSR count). The van der Waals surface area contributed by atoms with Gasteiger partial charge in [-0.05, 0) is 0 Å². The summed E-state index contributed by atoms with van der Waals surface area (Å²) in [5.41, 5.74) is 0. The molecule has 0 aromatic carbocycles. The lowest BCUT2D eigenvalue weighted by molar-refractivity contribution is -0.151. The van der Waals surface area contributed by atoms with Gasteiger partial charge in [0, 0.05) is 0 Å². The predicted octanol–water partition coefficient (Wildman–Crippen LogP) is -4.11. The molecule has 8 N–H and O–H groups in total. The Morgan fingerprint density at radius 3 is 1.78 bits per heavy atom. The maximum absolute atomic E-state index is 10.9. The maximum Gasteiger partial charge on any atom is 0.356 e. The molecule has 1 unspecified atom stereocenters. The molecule has 110 valence electrons. The Morgan fingerprint density at radius 1 is 0.944 bits per heavy atom. The largest absolute Gasteiger partial charge is 0.394 e. The quantitative estimate of drug-likeness (QED) is 0.161. The van der Waals surface area contributed by atoms with Crippen LogP contribution in [0.1, 0.15) is 0 Å². The fourth-order valence-electron chi connectivity index (χ4n) is 1.18. The van der Waals surface area contributed by atoms with Gasteiger partial charge in [-0.1, -0.05) is 0 Å². The van der Waals surface area contributed by atoms with Crippen LogP contribution in [0, 0.1) is 0 Å². The van der Waals surface area contributed by atoms with Crippen molar-refractivity contribution in [1.29, 1.82) is 0 Å². The predicted molar refractivity (Wildman–Crippen MR) is 55.1 cm³/mol. The highest BCUT2D eigenvalue weighted by Crippen LogP contribution is 2.44. The van der Waals surface area contributed by atoms with Gasteiger partial charge in [0.25, 0.3) is 0 Å². The molecule has 5 atom stereocenters. The summed E-state index contributed by atoms with van der Waals surface area (Å²) in [5.74, 6) is -2.28. The molecule has 0 amide bonds. The van der Waals surface area contributed by atoms with Crippen molar-refractivity contribution in [1.82, 2.24) is 0 Å². The van der Waals surface area contributed by atoms with Crippen LogP contribution >= 0.6 is 7.60 Å². The summed E-state index contributed by atoms with van der Waals surface area (Å²) in [6.07, 6.45) is -8.35. The second-order valence-corrected chi connectivity index (χ2v) is 5.18. The molecule has 11 heteroatoms. The van der Waals surface area contributed by atoms with Gasteiger partial charge >= 0.3 is 7.60 Å². The zero-order valence-electron chi connectivity index (χ0n) is 9.14. The van der Waals surface area contributed by atoms with Crippen molar-refractivity contribution < 1.29 is 49.7 Å². The molecule has 18 heavy (non-hydrogen) atoms. The molecule has 0 saturated heterocycles. The van der Waals surface area contributed by atoms with E-state index in [1.807, 2.05) is 0 Å². The standard InChI is InChI=1S/C7H17O10P/c8-1-3(10)4(11)5(12)6(13)7(17-2-9)18(14,15)16/h3-13H,1-2H2,(H2,14,15,16)/t3-,4-,5+,6+,7?/m1/s1. The topological polar surface area (TPSA) is 188 Å². The number of hydrogen-bond acceptors (Lipinski definition) is 8. The Bertz CT molecular complexity index is 279. The minimum absolute atomic E-state index is 0.938. The Balaban J connectivity index is 4.86. The molecular formula is C7H17O10P. The van der Waals surface area contributed by atoms with E-state index in [1.165, 1.54) is 0 Å². The number of hydrogen-bond donors (Lipinski definition) is 8. The molecule has 0 aromatic rings. The third-order valence-corrected chi connectivity index (χ3v) is 3.27. The van der Waals surface area contributed by atoms with Crippen molar-refractivity contribution in [3.05, 3.63) is 0 Å². The molecule has 10 nitrogen and oxygen atoms in total. The first-order valence-electron chi connectivity index (χ1n) is 4.77. The monoisotopic (exact) mass is 292 g/mol. The zero-order chi connectivity index (χ0) is 14.5. The highest BCUT2D eigenvalue weighted by atomic mass is 31.2. The first-order valence-corrected chi connectivity index (χ1v) is 6.45. The van der Waals surface area contributed by atoms with E-state index in [2.05, 4.69) is 4.74 Å². The molecule has 0 spiro atoms. The third-order valence-electron chi connectivity index (χ3n) is 2.15. The van der Waals surface area contributed by atoms with Gasteiger partial charge in [-0.2, -0.15) is 0 Å². The second kappa shape index (κ2) is 7.46. The molecule has 0 radical (unpaired) electrons. The molecule has 0 fully saturated rings. The lowest BCUT2D eigenvalue weighted by Gasteiger charge is -2.30. The number of aliphatic hydroxyl groups excluding tert-OH is 6. The van der Waals surface area contributed by atoms with Gasteiger partial charge in [0.05, 0.1) is 6.61 Å². The van der Waals surface area contributed by atoms with Crippen LogP contribution in [0.2, 0.25) is 0 Å². The average Bonchev–Trinajstić information content (AvgIpc) is 2.30. The smallest absolute Gasteiger partial charge is 0.356 e. The van der Waals surface area contributed by atoms with Gasteiger partial charge in [0.15, 0.2) is 5.85 Å². The minimum atomic E-state index is -5.03. The van der Waals surface area contributed by atoms with Crippen LogP contribution in [0.3, 0.4) is 0 Å². The van der Waals surface area contributed by atoms with Crippen LogP contribution in [0.15, 0.2) is 0 Å². The van der Waals surface area contributed by atoms with Crippen LogP contribution in [-0.4, -0.2) is 84.1 Å². The zero-order valence-corrected chi connectivity index (χ0v) is 10.0. The van der Waals surface area contributed by atoms with Gasteiger partial charge in [-0.25, -0.2) is 0 Å². The van der Waals surface area contributed by atoms with E-state index in [1.54, 1.807) is 0 Å². The third kappa shape index (κ3) is 4.86. The summed E-state index contributed by atoms with van der Waals surface area (Å²) in [7, 11) is -5.03. The summed E-state index contributed by atoms with van der Waals surface area (Å²) in [5, 5.41) is 54.0. The van der Waals surface area contributed by atoms with Gasteiger partial charge in [-0.3, -0.25) is 4.57 Å². The lowest BCUT2D eigenvalue weighted by Crippen LogP contribution is -2.50. The molecule has 0 aliphatic rings. The Kier molecular flexibility index (Phi) is 7.40. The lowest BCUT2D eigenvalue weighted by atomic mass is 10.0. The van der Waals surface area contributed by atoms with Crippen molar-refractivity contribution in [3.8, 4) is 0 Å².